The summed E-state index contributed by atoms with van der Waals surface area (Å²) in [6.07, 6.45) is 0.588. The van der Waals surface area contributed by atoms with Crippen molar-refractivity contribution in [2.45, 2.75) is 12.0 Å². The highest BCUT2D eigenvalue weighted by Crippen LogP contribution is 2.43. The van der Waals surface area contributed by atoms with Gasteiger partial charge in [-0.15, -0.1) is 0 Å². The summed E-state index contributed by atoms with van der Waals surface area (Å²) in [6.45, 7) is 3.85. The third-order valence-corrected chi connectivity index (χ3v) is 6.32. The van der Waals surface area contributed by atoms with Gasteiger partial charge in [-0.3, -0.25) is 4.79 Å². The molecule has 150 valence electrons. The van der Waals surface area contributed by atoms with Gasteiger partial charge in [-0.25, -0.2) is 4.79 Å². The van der Waals surface area contributed by atoms with E-state index >= 15 is 0 Å². The van der Waals surface area contributed by atoms with Crippen molar-refractivity contribution < 1.29 is 19.1 Å². The Labute approximate surface area is 173 Å². The molecule has 0 bridgehead atoms. The molecule has 2 saturated heterocycles. The number of hydrogen-bond acceptors (Lipinski definition) is 5. The Morgan fingerprint density at radius 1 is 1.07 bits per heavy atom. The first-order valence-electron chi connectivity index (χ1n) is 9.82. The van der Waals surface area contributed by atoms with Gasteiger partial charge in [-0.05, 0) is 24.3 Å². The number of halogens is 1. The molecule has 3 aliphatic rings. The minimum absolute atomic E-state index is 0.138. The molecule has 29 heavy (non-hydrogen) atoms. The molecule has 1 atom stereocenters. The number of hydrogen-bond donors (Lipinski definition) is 0. The van der Waals surface area contributed by atoms with Crippen LogP contribution < -0.4 is 4.90 Å². The van der Waals surface area contributed by atoms with Crippen LogP contribution in [0.2, 0.25) is 5.02 Å². The molecule has 2 fully saturated rings. The van der Waals surface area contributed by atoms with E-state index in [2.05, 4.69) is 4.90 Å². The molecule has 0 aromatic heterocycles. The van der Waals surface area contributed by atoms with E-state index in [1.165, 1.54) is 0 Å². The maximum Gasteiger partial charge on any atom is 0.339 e. The van der Waals surface area contributed by atoms with E-state index in [4.69, 9.17) is 21.1 Å². The third kappa shape index (κ3) is 3.07. The average Bonchev–Trinajstić information content (AvgIpc) is 3.30. The zero-order chi connectivity index (χ0) is 20.0. The van der Waals surface area contributed by atoms with Crippen molar-refractivity contribution in [3.05, 3.63) is 64.2 Å². The highest BCUT2D eigenvalue weighted by molar-refractivity contribution is 6.34. The fourth-order valence-electron chi connectivity index (χ4n) is 4.47. The van der Waals surface area contributed by atoms with Crippen molar-refractivity contribution in [3.63, 3.8) is 0 Å². The van der Waals surface area contributed by atoms with Gasteiger partial charge < -0.3 is 19.3 Å². The monoisotopic (exact) mass is 412 g/mol. The number of nitrogens with zero attached hydrogens (tertiary/aromatic N) is 2. The Morgan fingerprint density at radius 2 is 1.86 bits per heavy atom. The number of morpholine rings is 1. The van der Waals surface area contributed by atoms with E-state index in [9.17, 15) is 9.59 Å². The molecule has 0 unspecified atom stereocenters. The molecule has 0 saturated carbocycles. The zero-order valence-corrected chi connectivity index (χ0v) is 16.7. The van der Waals surface area contributed by atoms with Crippen LogP contribution in [0.1, 0.15) is 32.7 Å². The third-order valence-electron chi connectivity index (χ3n) is 6.00. The van der Waals surface area contributed by atoms with Gasteiger partial charge in [0.15, 0.2) is 5.60 Å². The number of likely N-dealkylation sites (tertiary alicyclic amines) is 1. The van der Waals surface area contributed by atoms with Gasteiger partial charge in [0.1, 0.15) is 0 Å². The number of rotatable bonds is 2. The molecule has 0 radical (unpaired) electrons. The van der Waals surface area contributed by atoms with Crippen LogP contribution in [0.3, 0.4) is 0 Å². The molecule has 6 nitrogen and oxygen atoms in total. The van der Waals surface area contributed by atoms with E-state index in [0.717, 1.165) is 24.3 Å². The van der Waals surface area contributed by atoms with Gasteiger partial charge in [0, 0.05) is 37.3 Å². The SMILES string of the molecule is O=C1O[C@]2(CCN(C(=O)c3ccc(N4CCOCC4)cc3Cl)C2)c2ccccc21. The minimum atomic E-state index is -0.746. The van der Waals surface area contributed by atoms with Crippen LogP contribution in [0.15, 0.2) is 42.5 Å². The Balaban J connectivity index is 1.36. The van der Waals surface area contributed by atoms with Crippen LogP contribution >= 0.6 is 11.6 Å². The number of carbonyl (C=O) groups is 2. The summed E-state index contributed by atoms with van der Waals surface area (Å²) >= 11 is 6.49. The predicted octanol–water partition coefficient (Wildman–Crippen LogP) is 3.09. The van der Waals surface area contributed by atoms with Crippen LogP contribution in [0.5, 0.6) is 0 Å². The summed E-state index contributed by atoms with van der Waals surface area (Å²) in [4.78, 5) is 29.3. The lowest BCUT2D eigenvalue weighted by Gasteiger charge is -2.29. The van der Waals surface area contributed by atoms with Gasteiger partial charge in [-0.1, -0.05) is 29.8 Å². The van der Waals surface area contributed by atoms with Crippen molar-refractivity contribution in [3.8, 4) is 0 Å². The number of fused-ring (bicyclic) bond motifs is 2. The summed E-state index contributed by atoms with van der Waals surface area (Å²) in [7, 11) is 0. The van der Waals surface area contributed by atoms with Crippen molar-refractivity contribution in [2.75, 3.05) is 44.3 Å². The highest BCUT2D eigenvalue weighted by Gasteiger charge is 2.51. The van der Waals surface area contributed by atoms with Gasteiger partial charge in [-0.2, -0.15) is 0 Å². The summed E-state index contributed by atoms with van der Waals surface area (Å²) in [5.74, 6) is -0.455. The number of amides is 1. The Kier molecular flexibility index (Phi) is 4.48. The molecule has 0 aliphatic carbocycles. The fourth-order valence-corrected chi connectivity index (χ4v) is 4.73. The zero-order valence-electron chi connectivity index (χ0n) is 15.9. The second kappa shape index (κ2) is 7.04. The standard InChI is InChI=1S/C22H21ClN2O4/c23-19-13-15(24-9-11-28-12-10-24)5-6-17(19)20(26)25-8-7-22(14-25)18-4-2-1-3-16(18)21(27)29-22/h1-6,13H,7-12,14H2/t22-/m0/s1. The normalized spacial score (nSPS) is 23.4. The van der Waals surface area contributed by atoms with E-state index in [1.54, 1.807) is 17.0 Å². The van der Waals surface area contributed by atoms with Crippen LogP contribution in [0.4, 0.5) is 5.69 Å². The van der Waals surface area contributed by atoms with E-state index < -0.39 is 5.60 Å². The predicted molar refractivity (Wildman–Crippen MR) is 109 cm³/mol. The molecule has 7 heteroatoms. The first-order chi connectivity index (χ1) is 14.1. The summed E-state index contributed by atoms with van der Waals surface area (Å²) in [5.41, 5.74) is 2.18. The van der Waals surface area contributed by atoms with Crippen molar-refractivity contribution in [1.29, 1.82) is 0 Å². The van der Waals surface area contributed by atoms with E-state index in [0.29, 0.717) is 48.9 Å². The lowest BCUT2D eigenvalue weighted by Crippen LogP contribution is -2.36. The van der Waals surface area contributed by atoms with Gasteiger partial charge in [0.25, 0.3) is 5.91 Å². The van der Waals surface area contributed by atoms with Crippen LogP contribution in [-0.4, -0.2) is 56.2 Å². The number of benzene rings is 2. The second-order valence-electron chi connectivity index (χ2n) is 7.67. The van der Waals surface area contributed by atoms with E-state index in [-0.39, 0.29) is 11.9 Å². The van der Waals surface area contributed by atoms with Crippen LogP contribution in [0.25, 0.3) is 0 Å². The van der Waals surface area contributed by atoms with E-state index in [1.807, 2.05) is 30.3 Å². The first-order valence-corrected chi connectivity index (χ1v) is 10.2. The number of anilines is 1. The molecular formula is C22H21ClN2O4. The maximum atomic E-state index is 13.2. The van der Waals surface area contributed by atoms with Crippen LogP contribution in [0, 0.1) is 0 Å². The van der Waals surface area contributed by atoms with Crippen molar-refractivity contribution in [2.24, 2.45) is 0 Å². The Hall–Kier alpha value is -2.57. The summed E-state index contributed by atoms with van der Waals surface area (Å²) in [5, 5.41) is 0.434. The molecule has 3 heterocycles. The summed E-state index contributed by atoms with van der Waals surface area (Å²) < 4.78 is 11.1. The molecule has 0 N–H and O–H groups in total. The number of ether oxygens (including phenoxy) is 2. The lowest BCUT2D eigenvalue weighted by atomic mass is 9.91. The van der Waals surface area contributed by atoms with Gasteiger partial charge in [0.2, 0.25) is 0 Å². The van der Waals surface area contributed by atoms with Gasteiger partial charge in [0.05, 0.1) is 35.9 Å². The molecule has 1 spiro atoms. The van der Waals surface area contributed by atoms with Crippen molar-refractivity contribution >= 4 is 29.2 Å². The Morgan fingerprint density at radius 3 is 2.66 bits per heavy atom. The van der Waals surface area contributed by atoms with Gasteiger partial charge >= 0.3 is 5.97 Å². The number of esters is 1. The van der Waals surface area contributed by atoms with Crippen molar-refractivity contribution in [1.82, 2.24) is 4.90 Å². The largest absolute Gasteiger partial charge is 0.449 e. The molecular weight excluding hydrogens is 392 g/mol. The topological polar surface area (TPSA) is 59.1 Å². The molecule has 2 aromatic rings. The molecule has 2 aromatic carbocycles. The Bertz CT molecular complexity index is 989. The molecule has 5 rings (SSSR count). The summed E-state index contributed by atoms with van der Waals surface area (Å²) in [6, 6.07) is 13.0. The first kappa shape index (κ1) is 18.5. The average molecular weight is 413 g/mol. The maximum absolute atomic E-state index is 13.2. The quantitative estimate of drug-likeness (QED) is 0.709. The van der Waals surface area contributed by atoms with Crippen LogP contribution in [-0.2, 0) is 15.1 Å². The molecule has 3 aliphatic heterocycles. The second-order valence-corrected chi connectivity index (χ2v) is 8.08. The minimum Gasteiger partial charge on any atom is -0.449 e. The fraction of sp³-hybridized carbons (Fsp3) is 0.364. The highest BCUT2D eigenvalue weighted by atomic mass is 35.5. The smallest absolute Gasteiger partial charge is 0.339 e. The number of carbonyl (C=O) groups excluding carboxylic acids is 2. The lowest BCUT2D eigenvalue weighted by molar-refractivity contribution is -0.00306. The molecule has 1 amide bonds.